The zero-order valence-corrected chi connectivity index (χ0v) is 21.0. The summed E-state index contributed by atoms with van der Waals surface area (Å²) in [5, 5.41) is 11.8. The van der Waals surface area contributed by atoms with E-state index in [-0.39, 0.29) is 32.1 Å². The van der Waals surface area contributed by atoms with Gasteiger partial charge in [-0.05, 0) is 49.9 Å². The van der Waals surface area contributed by atoms with Crippen molar-refractivity contribution in [3.63, 3.8) is 0 Å². The number of carbonyl (C=O) groups excluding carboxylic acids is 2. The number of hydrogen-bond donors (Lipinski definition) is 2. The van der Waals surface area contributed by atoms with Crippen LogP contribution < -0.4 is 5.32 Å². The lowest BCUT2D eigenvalue weighted by molar-refractivity contribution is -0.146. The molecule has 0 fully saturated rings. The van der Waals surface area contributed by atoms with E-state index in [0.29, 0.717) is 0 Å². The number of nitrogens with one attached hydrogen (secondary N) is 1. The molecule has 0 saturated carbocycles. The lowest BCUT2D eigenvalue weighted by atomic mass is 9.96. The van der Waals surface area contributed by atoms with Crippen LogP contribution in [0.1, 0.15) is 51.2 Å². The Morgan fingerprint density at radius 3 is 2.00 bits per heavy atom. The number of carboxylic acids is 1. The van der Waals surface area contributed by atoms with Crippen molar-refractivity contribution in [3.05, 3.63) is 59.7 Å². The number of aliphatic carboxylic acids is 1. The highest BCUT2D eigenvalue weighted by Gasteiger charge is 2.42. The van der Waals surface area contributed by atoms with E-state index in [1.54, 1.807) is 6.92 Å². The Hall–Kier alpha value is -3.39. The van der Waals surface area contributed by atoms with Crippen molar-refractivity contribution in [2.75, 3.05) is 26.9 Å². The Morgan fingerprint density at radius 1 is 0.971 bits per heavy atom. The highest BCUT2D eigenvalue weighted by Crippen LogP contribution is 2.44. The summed E-state index contributed by atoms with van der Waals surface area (Å²) in [5.41, 5.74) is 2.31. The summed E-state index contributed by atoms with van der Waals surface area (Å²) >= 11 is 0. The van der Waals surface area contributed by atoms with Gasteiger partial charge >= 0.3 is 12.1 Å². The molecule has 2 N–H and O–H groups in total. The fourth-order valence-corrected chi connectivity index (χ4v) is 4.55. The van der Waals surface area contributed by atoms with Crippen molar-refractivity contribution in [1.82, 2.24) is 10.2 Å². The number of rotatable bonds is 9. The Labute approximate surface area is 206 Å². The molecule has 2 amide bonds. The number of methoxy groups -OCH3 is 1. The van der Waals surface area contributed by atoms with Gasteiger partial charge in [-0.1, -0.05) is 48.5 Å². The predicted octanol–water partition coefficient (Wildman–Crippen LogP) is 4.03. The number of ether oxygens (including phenoxy) is 2. The zero-order chi connectivity index (χ0) is 25.8. The third kappa shape index (κ3) is 5.82. The number of hydrogen-bond acceptors (Lipinski definition) is 5. The molecule has 0 aromatic heterocycles. The molecule has 35 heavy (non-hydrogen) atoms. The van der Waals surface area contributed by atoms with Crippen molar-refractivity contribution in [3.8, 4) is 11.1 Å². The summed E-state index contributed by atoms with van der Waals surface area (Å²) in [6, 6.07) is 16.1. The van der Waals surface area contributed by atoms with Gasteiger partial charge in [0.1, 0.15) is 12.1 Å². The lowest BCUT2D eigenvalue weighted by Gasteiger charge is -2.41. The fraction of sp³-hybridized carbons (Fsp3) is 0.444. The summed E-state index contributed by atoms with van der Waals surface area (Å²) in [6.07, 6.45) is -0.955. The molecule has 1 unspecified atom stereocenters. The maximum atomic E-state index is 13.5. The van der Waals surface area contributed by atoms with Crippen LogP contribution in [0.15, 0.2) is 48.5 Å². The minimum atomic E-state index is -1.44. The average Bonchev–Trinajstić information content (AvgIpc) is 3.10. The van der Waals surface area contributed by atoms with E-state index < -0.39 is 29.0 Å². The van der Waals surface area contributed by atoms with Gasteiger partial charge in [-0.25, -0.2) is 4.79 Å². The van der Waals surface area contributed by atoms with Crippen LogP contribution in [-0.2, 0) is 19.1 Å². The molecule has 3 rings (SSSR count). The fourth-order valence-electron chi connectivity index (χ4n) is 4.55. The molecule has 2 aromatic carbocycles. The van der Waals surface area contributed by atoms with E-state index in [2.05, 4.69) is 17.4 Å². The predicted molar refractivity (Wildman–Crippen MR) is 132 cm³/mol. The monoisotopic (exact) mass is 482 g/mol. The summed E-state index contributed by atoms with van der Waals surface area (Å²) in [4.78, 5) is 39.0. The lowest BCUT2D eigenvalue weighted by Crippen LogP contribution is -2.63. The molecular formula is C27H34N2O6. The molecule has 1 atom stereocenters. The minimum absolute atomic E-state index is 0.00331. The van der Waals surface area contributed by atoms with Crippen LogP contribution in [0.4, 0.5) is 4.79 Å². The number of fused-ring (bicyclic) bond motifs is 3. The summed E-state index contributed by atoms with van der Waals surface area (Å²) in [7, 11) is 1.43. The molecule has 8 heteroatoms. The van der Waals surface area contributed by atoms with Crippen molar-refractivity contribution in [2.24, 2.45) is 0 Å². The first-order valence-electron chi connectivity index (χ1n) is 11.6. The van der Waals surface area contributed by atoms with Gasteiger partial charge in [0.25, 0.3) is 5.91 Å². The maximum Gasteiger partial charge on any atom is 0.408 e. The maximum absolute atomic E-state index is 13.5. The van der Waals surface area contributed by atoms with Gasteiger partial charge in [0.2, 0.25) is 0 Å². The average molecular weight is 483 g/mol. The quantitative estimate of drug-likeness (QED) is 0.559. The second kappa shape index (κ2) is 10.5. The van der Waals surface area contributed by atoms with Crippen LogP contribution in [0.25, 0.3) is 11.1 Å². The molecule has 188 valence electrons. The van der Waals surface area contributed by atoms with Gasteiger partial charge in [-0.2, -0.15) is 0 Å². The number of benzene rings is 2. The summed E-state index contributed by atoms with van der Waals surface area (Å²) in [6.45, 7) is 7.01. The molecular weight excluding hydrogens is 448 g/mol. The molecule has 0 spiro atoms. The zero-order valence-electron chi connectivity index (χ0n) is 21.0. The van der Waals surface area contributed by atoms with Crippen molar-refractivity contribution in [1.29, 1.82) is 0 Å². The van der Waals surface area contributed by atoms with Crippen molar-refractivity contribution < 1.29 is 29.0 Å². The molecule has 8 nitrogen and oxygen atoms in total. The van der Waals surface area contributed by atoms with E-state index in [0.717, 1.165) is 22.3 Å². The van der Waals surface area contributed by atoms with Crippen LogP contribution in [0.5, 0.6) is 0 Å². The molecule has 2 aromatic rings. The first kappa shape index (κ1) is 26.2. The van der Waals surface area contributed by atoms with Gasteiger partial charge < -0.3 is 24.8 Å². The Bertz CT molecular complexity index is 1050. The van der Waals surface area contributed by atoms with Gasteiger partial charge in [0, 0.05) is 25.1 Å². The third-order valence-electron chi connectivity index (χ3n) is 6.23. The molecule has 0 heterocycles. The van der Waals surface area contributed by atoms with Crippen LogP contribution >= 0.6 is 0 Å². The standard InChI is InChI=1S/C27H34N2O6/c1-26(2,3)29(15-14-23(30)31)24(32)27(4,17-34-5)28-25(33)35-16-22-20-12-8-6-10-18(20)19-11-7-9-13-21(19)22/h6-13,22H,14-17H2,1-5H3,(H,28,33)(H,30,31). The largest absolute Gasteiger partial charge is 0.481 e. The first-order chi connectivity index (χ1) is 16.5. The number of carboxylic acid groups (broad SMARTS) is 1. The van der Waals surface area contributed by atoms with E-state index in [4.69, 9.17) is 14.6 Å². The van der Waals surface area contributed by atoms with E-state index in [1.807, 2.05) is 57.2 Å². The highest BCUT2D eigenvalue weighted by molar-refractivity contribution is 5.90. The Kier molecular flexibility index (Phi) is 7.85. The molecule has 0 saturated heterocycles. The second-order valence-electron chi connectivity index (χ2n) is 9.99. The van der Waals surface area contributed by atoms with Crippen LogP contribution in [-0.4, -0.2) is 65.9 Å². The molecule has 1 aliphatic rings. The minimum Gasteiger partial charge on any atom is -0.481 e. The summed E-state index contributed by atoms with van der Waals surface area (Å²) < 4.78 is 10.9. The SMILES string of the molecule is COCC(C)(NC(=O)OCC1c2ccccc2-c2ccccc21)C(=O)N(CCC(=O)O)C(C)(C)C. The van der Waals surface area contributed by atoms with Gasteiger partial charge in [0.05, 0.1) is 13.0 Å². The second-order valence-corrected chi connectivity index (χ2v) is 9.99. The summed E-state index contributed by atoms with van der Waals surface area (Å²) in [5.74, 6) is -1.56. The first-order valence-corrected chi connectivity index (χ1v) is 11.6. The van der Waals surface area contributed by atoms with Crippen LogP contribution in [0.3, 0.4) is 0 Å². The van der Waals surface area contributed by atoms with E-state index in [9.17, 15) is 14.4 Å². The molecule has 0 aliphatic heterocycles. The van der Waals surface area contributed by atoms with E-state index >= 15 is 0 Å². The normalized spacial score (nSPS) is 14.4. The number of amides is 2. The van der Waals surface area contributed by atoms with Crippen LogP contribution in [0.2, 0.25) is 0 Å². The number of nitrogens with zero attached hydrogens (tertiary/aromatic N) is 1. The van der Waals surface area contributed by atoms with Gasteiger partial charge in [0.15, 0.2) is 0 Å². The Balaban J connectivity index is 1.75. The Morgan fingerprint density at radius 2 is 1.51 bits per heavy atom. The molecule has 0 radical (unpaired) electrons. The number of carbonyl (C=O) groups is 3. The third-order valence-corrected chi connectivity index (χ3v) is 6.23. The number of alkyl carbamates (subject to hydrolysis) is 1. The molecule has 1 aliphatic carbocycles. The highest BCUT2D eigenvalue weighted by atomic mass is 16.5. The van der Waals surface area contributed by atoms with Gasteiger partial charge in [-0.3, -0.25) is 9.59 Å². The van der Waals surface area contributed by atoms with Crippen molar-refractivity contribution >= 4 is 18.0 Å². The van der Waals surface area contributed by atoms with Crippen molar-refractivity contribution in [2.45, 2.75) is 51.1 Å². The smallest absolute Gasteiger partial charge is 0.408 e. The molecule has 0 bridgehead atoms. The topological polar surface area (TPSA) is 105 Å². The van der Waals surface area contributed by atoms with Gasteiger partial charge in [-0.15, -0.1) is 0 Å². The van der Waals surface area contributed by atoms with E-state index in [1.165, 1.54) is 12.0 Å². The van der Waals surface area contributed by atoms with Crippen LogP contribution in [0, 0.1) is 0 Å².